The van der Waals surface area contributed by atoms with Gasteiger partial charge in [-0.1, -0.05) is 0 Å². The molecule has 1 fully saturated rings. The second-order valence-electron chi connectivity index (χ2n) is 6.69. The molecule has 136 valence electrons. The maximum Gasteiger partial charge on any atom is 0.324 e. The molecular weight excluding hydrogens is 338 g/mol. The Hall–Kier alpha value is -2.67. The molecule has 26 heavy (non-hydrogen) atoms. The lowest BCUT2D eigenvalue weighted by atomic mass is 10.1. The third-order valence-electron chi connectivity index (χ3n) is 4.93. The highest BCUT2D eigenvalue weighted by Gasteiger charge is 2.33. The SMILES string of the molecule is NC1CCN(C(=O)N2CCN(c3ccc(F)cc3)c3cc(F)ccc32)C1. The van der Waals surface area contributed by atoms with E-state index in [1.54, 1.807) is 28.0 Å². The summed E-state index contributed by atoms with van der Waals surface area (Å²) in [4.78, 5) is 18.2. The fourth-order valence-electron chi connectivity index (χ4n) is 3.60. The van der Waals surface area contributed by atoms with Crippen molar-refractivity contribution in [3.05, 3.63) is 54.1 Å². The van der Waals surface area contributed by atoms with Crippen LogP contribution in [0.15, 0.2) is 42.5 Å². The van der Waals surface area contributed by atoms with Crippen molar-refractivity contribution in [3.8, 4) is 0 Å². The Kier molecular flexibility index (Phi) is 4.24. The smallest absolute Gasteiger partial charge is 0.324 e. The van der Waals surface area contributed by atoms with Gasteiger partial charge in [0, 0.05) is 37.9 Å². The van der Waals surface area contributed by atoms with Crippen molar-refractivity contribution in [1.82, 2.24) is 4.90 Å². The van der Waals surface area contributed by atoms with Crippen molar-refractivity contribution in [1.29, 1.82) is 0 Å². The molecule has 0 radical (unpaired) electrons. The maximum absolute atomic E-state index is 13.9. The van der Waals surface area contributed by atoms with E-state index in [4.69, 9.17) is 5.73 Å². The van der Waals surface area contributed by atoms with Crippen LogP contribution in [0.1, 0.15) is 6.42 Å². The van der Waals surface area contributed by atoms with Crippen LogP contribution in [-0.4, -0.2) is 43.2 Å². The summed E-state index contributed by atoms with van der Waals surface area (Å²) in [6, 6.07) is 10.3. The first-order chi connectivity index (χ1) is 12.5. The van der Waals surface area contributed by atoms with Gasteiger partial charge in [0.2, 0.25) is 0 Å². The molecule has 2 N–H and O–H groups in total. The number of hydrogen-bond donors (Lipinski definition) is 1. The van der Waals surface area contributed by atoms with Crippen LogP contribution in [0.4, 0.5) is 30.6 Å². The van der Waals surface area contributed by atoms with Gasteiger partial charge in [0.15, 0.2) is 0 Å². The normalized spacial score (nSPS) is 19.7. The molecule has 2 heterocycles. The summed E-state index contributed by atoms with van der Waals surface area (Å²) in [6.45, 7) is 2.12. The largest absolute Gasteiger partial charge is 0.338 e. The summed E-state index contributed by atoms with van der Waals surface area (Å²) in [7, 11) is 0. The summed E-state index contributed by atoms with van der Waals surface area (Å²) in [5, 5.41) is 0. The van der Waals surface area contributed by atoms with Gasteiger partial charge >= 0.3 is 6.03 Å². The van der Waals surface area contributed by atoms with E-state index in [2.05, 4.69) is 0 Å². The molecule has 1 atom stereocenters. The van der Waals surface area contributed by atoms with Gasteiger partial charge in [0.05, 0.1) is 11.4 Å². The number of carbonyl (C=O) groups excluding carboxylic acids is 1. The molecule has 1 unspecified atom stereocenters. The van der Waals surface area contributed by atoms with E-state index in [9.17, 15) is 13.6 Å². The van der Waals surface area contributed by atoms with E-state index in [-0.39, 0.29) is 23.7 Å². The molecule has 4 rings (SSSR count). The number of likely N-dealkylation sites (tertiary alicyclic amines) is 1. The molecule has 2 aromatic rings. The van der Waals surface area contributed by atoms with Crippen LogP contribution in [0.5, 0.6) is 0 Å². The van der Waals surface area contributed by atoms with Crippen molar-refractivity contribution < 1.29 is 13.6 Å². The summed E-state index contributed by atoms with van der Waals surface area (Å²) in [6.07, 6.45) is 0.789. The van der Waals surface area contributed by atoms with E-state index >= 15 is 0 Å². The first-order valence-corrected chi connectivity index (χ1v) is 8.67. The molecule has 0 spiro atoms. The Bertz CT molecular complexity index is 827. The Labute approximate surface area is 150 Å². The number of anilines is 3. The van der Waals surface area contributed by atoms with Gasteiger partial charge in [0.25, 0.3) is 0 Å². The monoisotopic (exact) mass is 358 g/mol. The minimum absolute atomic E-state index is 0.00661. The molecule has 2 aliphatic rings. The number of hydrogen-bond acceptors (Lipinski definition) is 3. The van der Waals surface area contributed by atoms with Crippen LogP contribution in [0.2, 0.25) is 0 Å². The molecule has 0 bridgehead atoms. The Morgan fingerprint density at radius 3 is 2.38 bits per heavy atom. The average Bonchev–Trinajstić information content (AvgIpc) is 3.07. The number of nitrogens with two attached hydrogens (primary N) is 1. The number of amides is 2. The van der Waals surface area contributed by atoms with E-state index < -0.39 is 0 Å². The van der Waals surface area contributed by atoms with Crippen LogP contribution < -0.4 is 15.5 Å². The Morgan fingerprint density at radius 2 is 1.69 bits per heavy atom. The van der Waals surface area contributed by atoms with Crippen molar-refractivity contribution in [3.63, 3.8) is 0 Å². The number of halogens is 2. The van der Waals surface area contributed by atoms with Crippen LogP contribution in [0.25, 0.3) is 0 Å². The molecule has 1 saturated heterocycles. The molecule has 0 aliphatic carbocycles. The van der Waals surface area contributed by atoms with Crippen LogP contribution >= 0.6 is 0 Å². The van der Waals surface area contributed by atoms with Crippen molar-refractivity contribution in [2.45, 2.75) is 12.5 Å². The average molecular weight is 358 g/mol. The standard InChI is InChI=1S/C19H20F2N4O/c20-13-1-4-16(5-2-13)24-9-10-25(17-6-3-14(21)11-18(17)24)19(26)23-8-7-15(22)12-23/h1-6,11,15H,7-10,12,22H2. The molecule has 5 nitrogen and oxygen atoms in total. The highest BCUT2D eigenvalue weighted by Crippen LogP contribution is 2.38. The molecule has 0 aromatic heterocycles. The Balaban J connectivity index is 1.68. The second-order valence-corrected chi connectivity index (χ2v) is 6.69. The fraction of sp³-hybridized carbons (Fsp3) is 0.316. The first-order valence-electron chi connectivity index (χ1n) is 8.67. The molecule has 0 saturated carbocycles. The fourth-order valence-corrected chi connectivity index (χ4v) is 3.60. The summed E-state index contributed by atoms with van der Waals surface area (Å²) in [5.74, 6) is -0.708. The first kappa shape index (κ1) is 16.8. The predicted molar refractivity (Wildman–Crippen MR) is 96.7 cm³/mol. The zero-order chi connectivity index (χ0) is 18.3. The quantitative estimate of drug-likeness (QED) is 0.852. The summed E-state index contributed by atoms with van der Waals surface area (Å²) >= 11 is 0. The van der Waals surface area contributed by atoms with Gasteiger partial charge in [-0.3, -0.25) is 4.90 Å². The van der Waals surface area contributed by atoms with Crippen molar-refractivity contribution >= 4 is 23.1 Å². The van der Waals surface area contributed by atoms with Gasteiger partial charge < -0.3 is 15.5 Å². The second kappa shape index (κ2) is 6.57. The summed E-state index contributed by atoms with van der Waals surface area (Å²) in [5.41, 5.74) is 7.92. The van der Waals surface area contributed by atoms with E-state index in [1.165, 1.54) is 24.3 Å². The Morgan fingerprint density at radius 1 is 0.962 bits per heavy atom. The van der Waals surface area contributed by atoms with Gasteiger partial charge in [0.1, 0.15) is 11.6 Å². The number of rotatable bonds is 1. The van der Waals surface area contributed by atoms with Gasteiger partial charge in [-0.15, -0.1) is 0 Å². The van der Waals surface area contributed by atoms with E-state index in [0.29, 0.717) is 37.6 Å². The zero-order valence-corrected chi connectivity index (χ0v) is 14.2. The minimum atomic E-state index is -0.381. The van der Waals surface area contributed by atoms with E-state index in [1.807, 2.05) is 4.90 Å². The zero-order valence-electron chi connectivity index (χ0n) is 14.2. The van der Waals surface area contributed by atoms with Gasteiger partial charge in [-0.25, -0.2) is 13.6 Å². The van der Waals surface area contributed by atoms with Crippen molar-refractivity contribution in [2.75, 3.05) is 36.0 Å². The van der Waals surface area contributed by atoms with Crippen molar-refractivity contribution in [2.24, 2.45) is 5.73 Å². The number of benzene rings is 2. The highest BCUT2D eigenvalue weighted by molar-refractivity contribution is 5.98. The molecule has 2 aliphatic heterocycles. The summed E-state index contributed by atoms with van der Waals surface area (Å²) < 4.78 is 27.2. The number of nitrogens with zero attached hydrogens (tertiary/aromatic N) is 3. The lowest BCUT2D eigenvalue weighted by Gasteiger charge is -2.39. The molecule has 2 aromatic carbocycles. The molecular formula is C19H20F2N4O. The third-order valence-corrected chi connectivity index (χ3v) is 4.93. The predicted octanol–water partition coefficient (Wildman–Crippen LogP) is 3.08. The third kappa shape index (κ3) is 2.99. The maximum atomic E-state index is 13.9. The molecule has 7 heteroatoms. The molecule has 2 amide bonds. The van der Waals surface area contributed by atoms with Gasteiger partial charge in [-0.05, 0) is 48.9 Å². The number of urea groups is 1. The highest BCUT2D eigenvalue weighted by atomic mass is 19.1. The van der Waals surface area contributed by atoms with Gasteiger partial charge in [-0.2, -0.15) is 0 Å². The minimum Gasteiger partial charge on any atom is -0.338 e. The number of carbonyl (C=O) groups is 1. The van der Waals surface area contributed by atoms with E-state index in [0.717, 1.165) is 12.1 Å². The number of fused-ring (bicyclic) bond motifs is 1. The lowest BCUT2D eigenvalue weighted by molar-refractivity contribution is 0.215. The topological polar surface area (TPSA) is 52.8 Å². The lowest BCUT2D eigenvalue weighted by Crippen LogP contribution is -2.48. The van der Waals surface area contributed by atoms with Crippen LogP contribution in [0, 0.1) is 11.6 Å². The van der Waals surface area contributed by atoms with Crippen LogP contribution in [-0.2, 0) is 0 Å². The van der Waals surface area contributed by atoms with Crippen LogP contribution in [0.3, 0.4) is 0 Å².